The number of carbonyl (C=O) groups is 1. The molecule has 0 aromatic carbocycles. The first kappa shape index (κ1) is 16.1. The number of nitrogens with one attached hydrogen (secondary N) is 1. The Balaban J connectivity index is 1.37. The lowest BCUT2D eigenvalue weighted by Gasteiger charge is -2.40. The third kappa shape index (κ3) is 2.70. The summed E-state index contributed by atoms with van der Waals surface area (Å²) < 4.78 is 0. The average molecular weight is 360 g/mol. The zero-order valence-corrected chi connectivity index (χ0v) is 14.9. The van der Waals surface area contributed by atoms with Gasteiger partial charge in [0.1, 0.15) is 5.69 Å². The first-order valence-corrected chi connectivity index (χ1v) is 9.31. The minimum atomic E-state index is -0.00499. The van der Waals surface area contributed by atoms with E-state index in [1.165, 1.54) is 11.3 Å². The summed E-state index contributed by atoms with van der Waals surface area (Å²) in [5.74, 6) is 0.523. The number of hydrogen-bond acceptors (Lipinski definition) is 5. The van der Waals surface area contributed by atoms with Crippen LogP contribution in [0.5, 0.6) is 0 Å². The summed E-state index contributed by atoms with van der Waals surface area (Å²) in [5.41, 5.74) is 3.77. The smallest absolute Gasteiger partial charge is 0.257 e. The Morgan fingerprint density at radius 2 is 2.00 bits per heavy atom. The van der Waals surface area contributed by atoms with E-state index in [0.717, 1.165) is 38.8 Å². The third-order valence-corrected chi connectivity index (χ3v) is 5.78. The minimum Gasteiger partial charge on any atom is -0.338 e. The summed E-state index contributed by atoms with van der Waals surface area (Å²) in [7, 11) is 0. The zero-order valence-electron chi connectivity index (χ0n) is 14.9. The largest absolute Gasteiger partial charge is 0.338 e. The molecule has 0 bridgehead atoms. The van der Waals surface area contributed by atoms with Crippen molar-refractivity contribution in [2.45, 2.75) is 31.1 Å². The molecule has 5 rings (SSSR count). The molecule has 1 atom stereocenters. The van der Waals surface area contributed by atoms with Crippen LogP contribution in [0.3, 0.4) is 0 Å². The molecule has 1 saturated heterocycles. The molecular weight excluding hydrogens is 340 g/mol. The van der Waals surface area contributed by atoms with Gasteiger partial charge in [0, 0.05) is 42.8 Å². The van der Waals surface area contributed by atoms with Crippen LogP contribution >= 0.6 is 0 Å². The van der Waals surface area contributed by atoms with Crippen molar-refractivity contribution >= 4 is 5.91 Å². The molecule has 7 nitrogen and oxygen atoms in total. The Kier molecular flexibility index (Phi) is 3.74. The number of aromatic nitrogens is 5. The Morgan fingerprint density at radius 1 is 1.11 bits per heavy atom. The van der Waals surface area contributed by atoms with Crippen LogP contribution < -0.4 is 0 Å². The number of H-pyrrole nitrogens is 1. The van der Waals surface area contributed by atoms with Crippen molar-refractivity contribution in [2.75, 3.05) is 13.1 Å². The van der Waals surface area contributed by atoms with E-state index in [9.17, 15) is 4.79 Å². The molecule has 0 radical (unpaired) electrons. The van der Waals surface area contributed by atoms with Gasteiger partial charge in [0.2, 0.25) is 0 Å². The van der Waals surface area contributed by atoms with E-state index < -0.39 is 0 Å². The fraction of sp³-hybridized carbons (Fsp3) is 0.350. The molecule has 1 N–H and O–H groups in total. The number of rotatable bonds is 2. The van der Waals surface area contributed by atoms with Crippen molar-refractivity contribution in [2.24, 2.45) is 0 Å². The molecule has 7 heteroatoms. The number of hydrogen-bond donors (Lipinski definition) is 1. The second-order valence-electron chi connectivity index (χ2n) is 7.39. The highest BCUT2D eigenvalue weighted by Gasteiger charge is 2.44. The molecule has 1 spiro atoms. The highest BCUT2D eigenvalue weighted by Crippen LogP contribution is 2.44. The highest BCUT2D eigenvalue weighted by molar-refractivity contribution is 5.94. The maximum Gasteiger partial charge on any atom is 0.257 e. The molecular formula is C20H20N6O. The van der Waals surface area contributed by atoms with Crippen LogP contribution in [0.15, 0.2) is 43.0 Å². The summed E-state index contributed by atoms with van der Waals surface area (Å²) >= 11 is 0. The molecule has 1 unspecified atom stereocenters. The summed E-state index contributed by atoms with van der Waals surface area (Å²) in [6.07, 6.45) is 11.1. The number of amides is 1. The first-order chi connectivity index (χ1) is 13.3. The van der Waals surface area contributed by atoms with Crippen molar-refractivity contribution in [1.29, 1.82) is 0 Å². The van der Waals surface area contributed by atoms with Gasteiger partial charge >= 0.3 is 0 Å². The monoisotopic (exact) mass is 360 g/mol. The van der Waals surface area contributed by atoms with Gasteiger partial charge in [-0.25, -0.2) is 9.97 Å². The lowest BCUT2D eigenvalue weighted by Crippen LogP contribution is -2.47. The van der Waals surface area contributed by atoms with Gasteiger partial charge in [-0.3, -0.25) is 14.9 Å². The number of piperidine rings is 1. The zero-order chi connectivity index (χ0) is 18.3. The number of aromatic amines is 1. The van der Waals surface area contributed by atoms with Gasteiger partial charge in [-0.15, -0.1) is 0 Å². The van der Waals surface area contributed by atoms with Crippen LogP contribution in [0.1, 0.15) is 40.9 Å². The van der Waals surface area contributed by atoms with Crippen LogP contribution in [0.4, 0.5) is 0 Å². The Morgan fingerprint density at radius 3 is 2.81 bits per heavy atom. The lowest BCUT2D eigenvalue weighted by atomic mass is 9.77. The van der Waals surface area contributed by atoms with Crippen LogP contribution in [-0.4, -0.2) is 49.0 Å². The predicted octanol–water partition coefficient (Wildman–Crippen LogP) is 2.38. The summed E-state index contributed by atoms with van der Waals surface area (Å²) in [6.45, 7) is 1.50. The van der Waals surface area contributed by atoms with Crippen molar-refractivity contribution in [3.05, 3.63) is 59.8 Å². The summed E-state index contributed by atoms with van der Waals surface area (Å²) in [5, 5.41) is 7.39. The molecule has 1 fully saturated rings. The number of likely N-dealkylation sites (tertiary alicyclic amines) is 1. The maximum absolute atomic E-state index is 13.0. The van der Waals surface area contributed by atoms with Gasteiger partial charge in [-0.05, 0) is 43.4 Å². The van der Waals surface area contributed by atoms with E-state index in [1.807, 2.05) is 29.3 Å². The average Bonchev–Trinajstić information content (AvgIpc) is 3.33. The van der Waals surface area contributed by atoms with Crippen molar-refractivity contribution in [3.8, 4) is 11.5 Å². The lowest BCUT2D eigenvalue weighted by molar-refractivity contribution is 0.0632. The molecule has 1 amide bonds. The molecule has 1 aliphatic heterocycles. The van der Waals surface area contributed by atoms with Gasteiger partial charge in [0.15, 0.2) is 5.82 Å². The number of aryl methyl sites for hydroxylation is 1. The molecule has 3 aromatic heterocycles. The van der Waals surface area contributed by atoms with E-state index in [1.54, 1.807) is 18.6 Å². The van der Waals surface area contributed by atoms with E-state index in [4.69, 9.17) is 0 Å². The predicted molar refractivity (Wildman–Crippen MR) is 99.0 cm³/mol. The normalized spacial score (nSPS) is 21.4. The standard InChI is InChI=1S/C20H20N6O/c27-19(15-10-22-18(23-11-15)16-4-1-2-8-21-16)26-9-3-6-20(13-26)7-5-14-12-24-25-17(14)20/h1-2,4,8,10-12H,3,5-7,9,13H2,(H,24,25). The number of fused-ring (bicyclic) bond motifs is 2. The molecule has 27 heavy (non-hydrogen) atoms. The van der Waals surface area contributed by atoms with E-state index in [0.29, 0.717) is 17.1 Å². The third-order valence-electron chi connectivity index (χ3n) is 5.78. The van der Waals surface area contributed by atoms with Gasteiger partial charge in [0.25, 0.3) is 5.91 Å². The molecule has 1 aliphatic carbocycles. The van der Waals surface area contributed by atoms with Gasteiger partial charge in [-0.2, -0.15) is 5.10 Å². The second-order valence-corrected chi connectivity index (χ2v) is 7.39. The van der Waals surface area contributed by atoms with Crippen LogP contribution in [-0.2, 0) is 11.8 Å². The first-order valence-electron chi connectivity index (χ1n) is 9.31. The Labute approximate surface area is 156 Å². The highest BCUT2D eigenvalue weighted by atomic mass is 16.2. The topological polar surface area (TPSA) is 87.7 Å². The van der Waals surface area contributed by atoms with Gasteiger partial charge in [-0.1, -0.05) is 6.07 Å². The molecule has 3 aromatic rings. The Hall–Kier alpha value is -3.09. The molecule has 4 heterocycles. The number of pyridine rings is 1. The molecule has 0 saturated carbocycles. The number of nitrogens with zero attached hydrogens (tertiary/aromatic N) is 5. The SMILES string of the molecule is O=C(c1cnc(-c2ccccn2)nc1)N1CCCC2(CCc3cn[nH]c32)C1. The fourth-order valence-electron chi connectivity index (χ4n) is 4.42. The van der Waals surface area contributed by atoms with Gasteiger partial charge < -0.3 is 4.90 Å². The quantitative estimate of drug-likeness (QED) is 0.758. The summed E-state index contributed by atoms with van der Waals surface area (Å²) in [6, 6.07) is 5.60. The summed E-state index contributed by atoms with van der Waals surface area (Å²) in [4.78, 5) is 27.9. The van der Waals surface area contributed by atoms with E-state index >= 15 is 0 Å². The molecule has 2 aliphatic rings. The number of carbonyl (C=O) groups excluding carboxylic acids is 1. The minimum absolute atomic E-state index is 0.00499. The van der Waals surface area contributed by atoms with Crippen LogP contribution in [0.25, 0.3) is 11.5 Å². The van der Waals surface area contributed by atoms with Gasteiger partial charge in [0.05, 0.1) is 11.8 Å². The Bertz CT molecular complexity index is 968. The van der Waals surface area contributed by atoms with Crippen molar-refractivity contribution in [3.63, 3.8) is 0 Å². The maximum atomic E-state index is 13.0. The van der Waals surface area contributed by atoms with Crippen molar-refractivity contribution in [1.82, 2.24) is 30.0 Å². The second kappa shape index (κ2) is 6.26. The van der Waals surface area contributed by atoms with E-state index in [2.05, 4.69) is 25.1 Å². The van der Waals surface area contributed by atoms with Crippen LogP contribution in [0.2, 0.25) is 0 Å². The fourth-order valence-corrected chi connectivity index (χ4v) is 4.42. The molecule has 136 valence electrons. The van der Waals surface area contributed by atoms with E-state index in [-0.39, 0.29) is 11.3 Å². The van der Waals surface area contributed by atoms with Crippen molar-refractivity contribution < 1.29 is 4.79 Å². The van der Waals surface area contributed by atoms with Crippen LogP contribution in [0, 0.1) is 0 Å².